The number of carbonyl (C=O) groups is 1. The van der Waals surface area contributed by atoms with Crippen LogP contribution >= 0.6 is 0 Å². The van der Waals surface area contributed by atoms with E-state index >= 15 is 0 Å². The maximum atomic E-state index is 13.6. The summed E-state index contributed by atoms with van der Waals surface area (Å²) in [6.07, 6.45) is 0. The average molecular weight is 467 g/mol. The molecule has 0 radical (unpaired) electrons. The quantitative estimate of drug-likeness (QED) is 0.437. The average Bonchev–Trinajstić information content (AvgIpc) is 3.26. The Morgan fingerprint density at radius 2 is 1.76 bits per heavy atom. The van der Waals surface area contributed by atoms with Crippen LogP contribution in [-0.2, 0) is 9.84 Å². The van der Waals surface area contributed by atoms with E-state index in [-0.39, 0.29) is 26.9 Å². The molecular formula is C23H18FN3O5S. The minimum atomic E-state index is -4.13. The van der Waals surface area contributed by atoms with Gasteiger partial charge in [0.15, 0.2) is 0 Å². The topological polar surface area (TPSA) is 111 Å². The number of halogens is 1. The third kappa shape index (κ3) is 4.33. The fraction of sp³-hybridized carbons (Fsp3) is 0.0870. The molecule has 0 aliphatic carbocycles. The van der Waals surface area contributed by atoms with Gasteiger partial charge in [-0.2, -0.15) is 0 Å². The second-order valence-electron chi connectivity index (χ2n) is 6.93. The second-order valence-corrected chi connectivity index (χ2v) is 8.79. The van der Waals surface area contributed by atoms with Crippen LogP contribution in [0.25, 0.3) is 16.9 Å². The van der Waals surface area contributed by atoms with E-state index < -0.39 is 21.6 Å². The van der Waals surface area contributed by atoms with Gasteiger partial charge in [-0.1, -0.05) is 11.3 Å². The SMILES string of the molecule is CCOc1ccc(S(=O)(=O)c2nnn(-c3cccc(C(=O)O)c3)c2-c2ccc(F)cc2)cc1. The molecule has 0 fully saturated rings. The van der Waals surface area contributed by atoms with Gasteiger partial charge in [0.1, 0.15) is 17.3 Å². The van der Waals surface area contributed by atoms with Crippen LogP contribution in [0.4, 0.5) is 4.39 Å². The molecular weight excluding hydrogens is 449 g/mol. The summed E-state index contributed by atoms with van der Waals surface area (Å²) in [7, 11) is -4.13. The molecule has 10 heteroatoms. The van der Waals surface area contributed by atoms with Gasteiger partial charge >= 0.3 is 5.97 Å². The normalized spacial score (nSPS) is 11.3. The molecule has 0 aliphatic heterocycles. The zero-order chi connectivity index (χ0) is 23.6. The van der Waals surface area contributed by atoms with Gasteiger partial charge in [-0.15, -0.1) is 5.10 Å². The number of sulfone groups is 1. The third-order valence-corrected chi connectivity index (χ3v) is 6.47. The van der Waals surface area contributed by atoms with E-state index in [9.17, 15) is 22.7 Å². The van der Waals surface area contributed by atoms with Crippen molar-refractivity contribution in [3.8, 4) is 22.7 Å². The summed E-state index contributed by atoms with van der Waals surface area (Å²) in [5.41, 5.74) is 0.692. The molecule has 0 amide bonds. The molecule has 4 rings (SSSR count). The van der Waals surface area contributed by atoms with Crippen LogP contribution in [0.2, 0.25) is 0 Å². The van der Waals surface area contributed by atoms with Crippen LogP contribution in [-0.4, -0.2) is 41.1 Å². The summed E-state index contributed by atoms with van der Waals surface area (Å²) >= 11 is 0. The maximum Gasteiger partial charge on any atom is 0.335 e. The lowest BCUT2D eigenvalue weighted by atomic mass is 10.1. The molecule has 1 aromatic heterocycles. The minimum absolute atomic E-state index is 0.0102. The Bertz CT molecular complexity index is 1420. The summed E-state index contributed by atoms with van der Waals surface area (Å²) in [5.74, 6) is -1.13. The highest BCUT2D eigenvalue weighted by molar-refractivity contribution is 7.91. The molecule has 0 unspecified atom stereocenters. The standard InChI is InChI=1S/C23H18FN3O5S/c1-2-32-19-10-12-20(13-11-19)33(30,31)22-21(15-6-8-17(24)9-7-15)27(26-25-22)18-5-3-4-16(14-18)23(28)29/h3-14H,2H2,1H3,(H,28,29). The van der Waals surface area contributed by atoms with E-state index in [1.54, 1.807) is 6.07 Å². The van der Waals surface area contributed by atoms with Crippen molar-refractivity contribution in [1.82, 2.24) is 15.0 Å². The summed E-state index contributed by atoms with van der Waals surface area (Å²) in [6.45, 7) is 2.25. The monoisotopic (exact) mass is 467 g/mol. The van der Waals surface area contributed by atoms with E-state index in [0.717, 1.165) is 0 Å². The molecule has 33 heavy (non-hydrogen) atoms. The van der Waals surface area contributed by atoms with E-state index in [1.165, 1.54) is 71.4 Å². The highest BCUT2D eigenvalue weighted by atomic mass is 32.2. The molecule has 0 bridgehead atoms. The lowest BCUT2D eigenvalue weighted by Crippen LogP contribution is -2.07. The molecule has 3 aromatic carbocycles. The minimum Gasteiger partial charge on any atom is -0.494 e. The van der Waals surface area contributed by atoms with Crippen LogP contribution in [0.15, 0.2) is 82.7 Å². The zero-order valence-corrected chi connectivity index (χ0v) is 18.2. The molecule has 0 saturated carbocycles. The van der Waals surface area contributed by atoms with Gasteiger partial charge in [0, 0.05) is 5.56 Å². The number of aromatic carboxylic acids is 1. The highest BCUT2D eigenvalue weighted by Gasteiger charge is 2.29. The van der Waals surface area contributed by atoms with Crippen molar-refractivity contribution in [3.05, 3.63) is 84.2 Å². The first-order valence-electron chi connectivity index (χ1n) is 9.84. The lowest BCUT2D eigenvalue weighted by molar-refractivity contribution is 0.0697. The molecule has 168 valence electrons. The predicted octanol–water partition coefficient (Wildman–Crippen LogP) is 4.00. The van der Waals surface area contributed by atoms with Crippen molar-refractivity contribution in [2.75, 3.05) is 6.61 Å². The number of benzene rings is 3. The van der Waals surface area contributed by atoms with Crippen LogP contribution in [0.3, 0.4) is 0 Å². The van der Waals surface area contributed by atoms with Gasteiger partial charge < -0.3 is 9.84 Å². The Hall–Kier alpha value is -4.05. The van der Waals surface area contributed by atoms with Gasteiger partial charge in [0.25, 0.3) is 0 Å². The van der Waals surface area contributed by atoms with Gasteiger partial charge in [0.2, 0.25) is 14.9 Å². The van der Waals surface area contributed by atoms with Crippen molar-refractivity contribution in [2.45, 2.75) is 16.8 Å². The Balaban J connectivity index is 1.91. The number of carboxylic acids is 1. The lowest BCUT2D eigenvalue weighted by Gasteiger charge is -2.10. The summed E-state index contributed by atoms with van der Waals surface area (Å²) in [5, 5.41) is 16.9. The van der Waals surface area contributed by atoms with Gasteiger partial charge in [-0.05, 0) is 73.7 Å². The molecule has 0 saturated heterocycles. The summed E-state index contributed by atoms with van der Waals surface area (Å²) < 4.78 is 47.1. The molecule has 8 nitrogen and oxygen atoms in total. The van der Waals surface area contributed by atoms with Crippen LogP contribution in [0, 0.1) is 5.82 Å². The van der Waals surface area contributed by atoms with Gasteiger partial charge in [-0.3, -0.25) is 0 Å². The number of aromatic nitrogens is 3. The van der Waals surface area contributed by atoms with Crippen molar-refractivity contribution in [3.63, 3.8) is 0 Å². The summed E-state index contributed by atoms with van der Waals surface area (Å²) in [4.78, 5) is 11.4. The first kappa shape index (κ1) is 22.2. The predicted molar refractivity (Wildman–Crippen MR) is 117 cm³/mol. The molecule has 1 N–H and O–H groups in total. The summed E-state index contributed by atoms with van der Waals surface area (Å²) in [6, 6.07) is 16.9. The molecule has 0 aliphatic rings. The van der Waals surface area contributed by atoms with Crippen molar-refractivity contribution in [2.24, 2.45) is 0 Å². The zero-order valence-electron chi connectivity index (χ0n) is 17.3. The smallest absolute Gasteiger partial charge is 0.335 e. The van der Waals surface area contributed by atoms with E-state index in [0.29, 0.717) is 17.9 Å². The number of ether oxygens (including phenoxy) is 1. The van der Waals surface area contributed by atoms with Gasteiger partial charge in [0.05, 0.1) is 22.8 Å². The van der Waals surface area contributed by atoms with E-state index in [2.05, 4.69) is 10.3 Å². The first-order valence-corrected chi connectivity index (χ1v) is 11.3. The van der Waals surface area contributed by atoms with Crippen molar-refractivity contribution >= 4 is 15.8 Å². The third-order valence-electron chi connectivity index (χ3n) is 4.79. The molecule has 1 heterocycles. The molecule has 0 atom stereocenters. The molecule has 0 spiro atoms. The first-order chi connectivity index (χ1) is 15.8. The van der Waals surface area contributed by atoms with Gasteiger partial charge in [-0.25, -0.2) is 22.3 Å². The highest BCUT2D eigenvalue weighted by Crippen LogP contribution is 2.32. The van der Waals surface area contributed by atoms with E-state index in [1.807, 2.05) is 6.92 Å². The van der Waals surface area contributed by atoms with Crippen molar-refractivity contribution < 1.29 is 27.4 Å². The number of hydrogen-bond donors (Lipinski definition) is 1. The Kier molecular flexibility index (Phi) is 5.93. The number of carboxylic acid groups (broad SMARTS) is 1. The number of rotatable bonds is 7. The Labute approximate surface area is 188 Å². The largest absolute Gasteiger partial charge is 0.494 e. The van der Waals surface area contributed by atoms with E-state index in [4.69, 9.17) is 4.74 Å². The Morgan fingerprint density at radius 1 is 1.06 bits per heavy atom. The van der Waals surface area contributed by atoms with Crippen LogP contribution < -0.4 is 4.74 Å². The maximum absolute atomic E-state index is 13.6. The number of hydrogen-bond acceptors (Lipinski definition) is 6. The second kappa shape index (κ2) is 8.83. The Morgan fingerprint density at radius 3 is 2.39 bits per heavy atom. The fourth-order valence-electron chi connectivity index (χ4n) is 3.25. The van der Waals surface area contributed by atoms with Crippen molar-refractivity contribution in [1.29, 1.82) is 0 Å². The van der Waals surface area contributed by atoms with Crippen LogP contribution in [0.1, 0.15) is 17.3 Å². The number of nitrogens with zero attached hydrogens (tertiary/aromatic N) is 3. The van der Waals surface area contributed by atoms with Crippen LogP contribution in [0.5, 0.6) is 5.75 Å². The molecule has 4 aromatic rings. The fourth-order valence-corrected chi connectivity index (χ4v) is 4.57.